The van der Waals surface area contributed by atoms with E-state index in [1.165, 1.54) is 5.57 Å². The molecule has 2 aromatic rings. The molecule has 0 saturated heterocycles. The Labute approximate surface area is 98.1 Å². The maximum Gasteiger partial charge on any atom is 0.156 e. The highest BCUT2D eigenvalue weighted by atomic mass is 32.1. The Morgan fingerprint density at radius 2 is 2.44 bits per heavy atom. The molecule has 2 heterocycles. The van der Waals surface area contributed by atoms with Crippen LogP contribution in [0.15, 0.2) is 18.1 Å². The molecule has 1 N–H and O–H groups in total. The van der Waals surface area contributed by atoms with Crippen LogP contribution in [0.4, 0.5) is 0 Å². The minimum absolute atomic E-state index is 0.723. The summed E-state index contributed by atoms with van der Waals surface area (Å²) < 4.78 is 1.84. The fourth-order valence-electron chi connectivity index (χ4n) is 1.53. The summed E-state index contributed by atoms with van der Waals surface area (Å²) in [4.78, 5) is 6.00. The van der Waals surface area contributed by atoms with Crippen LogP contribution in [0.25, 0.3) is 10.9 Å². The molecule has 0 aliphatic carbocycles. The zero-order chi connectivity index (χ0) is 11.7. The van der Waals surface area contributed by atoms with Gasteiger partial charge in [0.15, 0.2) is 6.10 Å². The molecule has 3 nitrogen and oxygen atoms in total. The van der Waals surface area contributed by atoms with Crippen LogP contribution < -0.4 is 0 Å². The second kappa shape index (κ2) is 4.12. The summed E-state index contributed by atoms with van der Waals surface area (Å²) in [5.41, 5.74) is 1.89. The average molecular weight is 232 g/mol. The maximum atomic E-state index is 9.82. The monoisotopic (exact) mass is 232 g/mol. The molecular weight excluding hydrogens is 220 g/mol. The lowest BCUT2D eigenvalue weighted by Gasteiger charge is -2.04. The topological polar surface area (TPSA) is 37.5 Å². The molecule has 0 saturated carbocycles. The van der Waals surface area contributed by atoms with Gasteiger partial charge in [-0.25, -0.2) is 4.98 Å². The molecule has 0 spiro atoms. The van der Waals surface area contributed by atoms with Crippen molar-refractivity contribution in [2.75, 3.05) is 0 Å². The van der Waals surface area contributed by atoms with Crippen LogP contribution in [0.1, 0.15) is 30.5 Å². The molecule has 16 heavy (non-hydrogen) atoms. The minimum atomic E-state index is -0.895. The van der Waals surface area contributed by atoms with E-state index in [1.54, 1.807) is 23.9 Å². The van der Waals surface area contributed by atoms with Gasteiger partial charge in [-0.1, -0.05) is 11.5 Å². The number of nitrogens with zero attached hydrogens (tertiary/aromatic N) is 2. The summed E-state index contributed by atoms with van der Waals surface area (Å²) >= 11 is 1.57. The second-order valence-electron chi connectivity index (χ2n) is 3.74. The first-order valence-corrected chi connectivity index (χ1v) is 5.69. The number of hydrogen-bond donors (Lipinski definition) is 1. The zero-order valence-electron chi connectivity index (χ0n) is 9.14. The number of aromatic nitrogens is 2. The number of allylic oxidation sites excluding steroid dienone is 1. The Morgan fingerprint density at radius 1 is 1.69 bits per heavy atom. The molecule has 4 heteroatoms. The van der Waals surface area contributed by atoms with Crippen LogP contribution >= 0.6 is 11.3 Å². The Morgan fingerprint density at radius 3 is 3.06 bits per heavy atom. The summed E-state index contributed by atoms with van der Waals surface area (Å²) in [5.74, 6) is 2.35. The largest absolute Gasteiger partial charge is 0.374 e. The van der Waals surface area contributed by atoms with Crippen molar-refractivity contribution in [1.82, 2.24) is 9.38 Å². The predicted molar refractivity (Wildman–Crippen MR) is 66.2 cm³/mol. The van der Waals surface area contributed by atoms with Gasteiger partial charge in [-0.3, -0.25) is 4.40 Å². The quantitative estimate of drug-likeness (QED) is 0.808. The number of rotatable bonds is 2. The lowest BCUT2D eigenvalue weighted by atomic mass is 10.2. The standard InChI is InChI=1S/C12H12N2OS/c1-4-9(15)12-10(5-8(2)3)16-11-6-13-7-14(11)12/h1,5-7,9,15H,2-3H3. The first kappa shape index (κ1) is 10.9. The van der Waals surface area contributed by atoms with Gasteiger partial charge in [0.25, 0.3) is 0 Å². The average Bonchev–Trinajstić information content (AvgIpc) is 2.75. The molecule has 82 valence electrons. The minimum Gasteiger partial charge on any atom is -0.374 e. The van der Waals surface area contributed by atoms with E-state index in [4.69, 9.17) is 6.42 Å². The van der Waals surface area contributed by atoms with Crippen LogP contribution in [0.5, 0.6) is 0 Å². The summed E-state index contributed by atoms with van der Waals surface area (Å²) in [6.45, 7) is 4.03. The van der Waals surface area contributed by atoms with E-state index in [-0.39, 0.29) is 0 Å². The van der Waals surface area contributed by atoms with Crippen molar-refractivity contribution in [2.24, 2.45) is 0 Å². The summed E-state index contributed by atoms with van der Waals surface area (Å²) in [7, 11) is 0. The zero-order valence-corrected chi connectivity index (χ0v) is 9.95. The van der Waals surface area contributed by atoms with Crippen molar-refractivity contribution in [2.45, 2.75) is 20.0 Å². The number of fused-ring (bicyclic) bond motifs is 1. The normalized spacial score (nSPS) is 12.4. The Hall–Kier alpha value is -1.57. The number of aliphatic hydroxyl groups is 1. The third-order valence-electron chi connectivity index (χ3n) is 2.17. The molecule has 1 atom stereocenters. The van der Waals surface area contributed by atoms with E-state index in [1.807, 2.05) is 24.3 Å². The lowest BCUT2D eigenvalue weighted by Crippen LogP contribution is -1.99. The summed E-state index contributed by atoms with van der Waals surface area (Å²) in [6, 6.07) is 0. The Bertz CT molecular complexity index is 582. The van der Waals surface area contributed by atoms with Gasteiger partial charge in [-0.05, 0) is 19.9 Å². The fourth-order valence-corrected chi connectivity index (χ4v) is 2.73. The lowest BCUT2D eigenvalue weighted by molar-refractivity contribution is 0.232. The van der Waals surface area contributed by atoms with E-state index >= 15 is 0 Å². The molecule has 1 unspecified atom stereocenters. The molecule has 0 fully saturated rings. The third kappa shape index (κ3) is 1.75. The maximum absolute atomic E-state index is 9.82. The molecule has 2 rings (SSSR count). The molecule has 0 radical (unpaired) electrons. The Kier molecular flexibility index (Phi) is 2.82. The van der Waals surface area contributed by atoms with Crippen molar-refractivity contribution in [3.63, 3.8) is 0 Å². The molecule has 0 bridgehead atoms. The van der Waals surface area contributed by atoms with Crippen molar-refractivity contribution in [1.29, 1.82) is 0 Å². The van der Waals surface area contributed by atoms with Crippen LogP contribution in [0.3, 0.4) is 0 Å². The number of hydrogen-bond acceptors (Lipinski definition) is 3. The van der Waals surface area contributed by atoms with Crippen LogP contribution in [-0.4, -0.2) is 14.5 Å². The van der Waals surface area contributed by atoms with Gasteiger partial charge in [0.1, 0.15) is 11.2 Å². The first-order chi connectivity index (χ1) is 7.63. The predicted octanol–water partition coefficient (Wildman–Crippen LogP) is 2.49. The fraction of sp³-hybridized carbons (Fsp3) is 0.250. The third-order valence-corrected chi connectivity index (χ3v) is 3.23. The van der Waals surface area contributed by atoms with Crippen molar-refractivity contribution in [3.8, 4) is 12.3 Å². The van der Waals surface area contributed by atoms with Crippen LogP contribution in [-0.2, 0) is 0 Å². The van der Waals surface area contributed by atoms with Gasteiger partial charge >= 0.3 is 0 Å². The highest BCUT2D eigenvalue weighted by Crippen LogP contribution is 2.29. The van der Waals surface area contributed by atoms with E-state index < -0.39 is 6.10 Å². The van der Waals surface area contributed by atoms with Crippen molar-refractivity contribution in [3.05, 3.63) is 28.7 Å². The van der Waals surface area contributed by atoms with Crippen LogP contribution in [0, 0.1) is 12.3 Å². The Balaban J connectivity index is 2.69. The highest BCUT2D eigenvalue weighted by molar-refractivity contribution is 7.18. The molecule has 0 amide bonds. The summed E-state index contributed by atoms with van der Waals surface area (Å²) in [5, 5.41) is 9.82. The van der Waals surface area contributed by atoms with Crippen LogP contribution in [0.2, 0.25) is 0 Å². The van der Waals surface area contributed by atoms with Crippen molar-refractivity contribution >= 4 is 22.2 Å². The smallest absolute Gasteiger partial charge is 0.156 e. The molecule has 2 aromatic heterocycles. The van der Waals surface area contributed by atoms with Crippen molar-refractivity contribution < 1.29 is 5.11 Å². The van der Waals surface area contributed by atoms with Gasteiger partial charge in [-0.2, -0.15) is 0 Å². The molecule has 0 aliphatic rings. The molecule has 0 aliphatic heterocycles. The van der Waals surface area contributed by atoms with E-state index in [0.29, 0.717) is 0 Å². The van der Waals surface area contributed by atoms with Gasteiger partial charge in [0.2, 0.25) is 0 Å². The molecule has 0 aromatic carbocycles. The number of terminal acetylenes is 1. The van der Waals surface area contributed by atoms with Gasteiger partial charge in [0.05, 0.1) is 16.8 Å². The van der Waals surface area contributed by atoms with Gasteiger partial charge < -0.3 is 5.11 Å². The summed E-state index contributed by atoms with van der Waals surface area (Å²) in [6.07, 6.45) is 9.83. The number of thiazole rings is 1. The van der Waals surface area contributed by atoms with E-state index in [9.17, 15) is 5.11 Å². The van der Waals surface area contributed by atoms with Gasteiger partial charge in [-0.15, -0.1) is 17.8 Å². The number of imidazole rings is 1. The molecular formula is C12H12N2OS. The van der Waals surface area contributed by atoms with Gasteiger partial charge in [0, 0.05) is 0 Å². The van der Waals surface area contributed by atoms with E-state index in [2.05, 4.69) is 10.9 Å². The second-order valence-corrected chi connectivity index (χ2v) is 4.81. The number of aliphatic hydroxyl groups excluding tert-OH is 1. The highest BCUT2D eigenvalue weighted by Gasteiger charge is 2.16. The van der Waals surface area contributed by atoms with E-state index in [0.717, 1.165) is 15.4 Å². The SMILES string of the molecule is C#CC(O)c1c(C=C(C)C)sc2cncn12. The first-order valence-electron chi connectivity index (χ1n) is 4.87.